The van der Waals surface area contributed by atoms with E-state index >= 15 is 0 Å². The third kappa shape index (κ3) is 6.57. The van der Waals surface area contributed by atoms with Gasteiger partial charge in [0.15, 0.2) is 5.96 Å². The molecule has 2 aliphatic rings. The van der Waals surface area contributed by atoms with Gasteiger partial charge in [0.25, 0.3) is 0 Å². The topological polar surface area (TPSA) is 62.2 Å². The highest BCUT2D eigenvalue weighted by Crippen LogP contribution is 2.18. The van der Waals surface area contributed by atoms with Gasteiger partial charge < -0.3 is 24.6 Å². The lowest BCUT2D eigenvalue weighted by Crippen LogP contribution is -2.47. The lowest BCUT2D eigenvalue weighted by molar-refractivity contribution is -0.0721. The molecule has 3 heterocycles. The molecule has 7 nitrogen and oxygen atoms in total. The van der Waals surface area contributed by atoms with Gasteiger partial charge in [-0.05, 0) is 57.6 Å². The number of piperidine rings is 1. The summed E-state index contributed by atoms with van der Waals surface area (Å²) in [5.74, 6) is 1.99. The third-order valence-corrected chi connectivity index (χ3v) is 6.09. The Morgan fingerprint density at radius 3 is 2.63 bits per heavy atom. The van der Waals surface area contributed by atoms with E-state index in [1.54, 1.807) is 0 Å². The number of nitrogens with one attached hydrogen (secondary N) is 1. The van der Waals surface area contributed by atoms with Crippen molar-refractivity contribution in [3.8, 4) is 0 Å². The Kier molecular flexibility index (Phi) is 9.21. The molecule has 0 aliphatic carbocycles. The lowest BCUT2D eigenvalue weighted by Gasteiger charge is -2.35. The van der Waals surface area contributed by atoms with Crippen LogP contribution in [0.15, 0.2) is 23.3 Å². The number of pyridine rings is 1. The minimum Gasteiger partial charge on any atom is -0.376 e. The molecule has 2 aliphatic heterocycles. The summed E-state index contributed by atoms with van der Waals surface area (Å²) in [5, 5.41) is 3.49. The van der Waals surface area contributed by atoms with E-state index in [2.05, 4.69) is 51.1 Å². The van der Waals surface area contributed by atoms with Crippen molar-refractivity contribution in [1.29, 1.82) is 0 Å². The number of nitrogens with zero attached hydrogens (tertiary/aromatic N) is 4. The van der Waals surface area contributed by atoms with Gasteiger partial charge >= 0.3 is 0 Å². The van der Waals surface area contributed by atoms with Crippen LogP contribution in [0, 0.1) is 0 Å². The number of anilines is 1. The molecule has 0 bridgehead atoms. The molecular weight excluding hydrogens is 378 g/mol. The van der Waals surface area contributed by atoms with Crippen molar-refractivity contribution in [3.63, 3.8) is 0 Å². The number of hydrogen-bond acceptors (Lipinski definition) is 5. The van der Waals surface area contributed by atoms with Crippen molar-refractivity contribution in [1.82, 2.24) is 15.2 Å². The minimum absolute atomic E-state index is 0.299. The van der Waals surface area contributed by atoms with Crippen molar-refractivity contribution >= 4 is 11.8 Å². The van der Waals surface area contributed by atoms with E-state index in [1.165, 1.54) is 12.8 Å². The molecule has 0 aromatic carbocycles. The molecule has 0 spiro atoms. The van der Waals surface area contributed by atoms with Crippen molar-refractivity contribution in [2.24, 2.45) is 4.99 Å². The summed E-state index contributed by atoms with van der Waals surface area (Å²) in [6, 6.07) is 4.25. The summed E-state index contributed by atoms with van der Waals surface area (Å²) >= 11 is 0. The molecule has 1 aromatic heterocycles. The Labute approximate surface area is 181 Å². The predicted octanol–water partition coefficient (Wildman–Crippen LogP) is 3.05. The number of rotatable bonds is 8. The van der Waals surface area contributed by atoms with Crippen LogP contribution in [0.5, 0.6) is 0 Å². The summed E-state index contributed by atoms with van der Waals surface area (Å²) in [5.41, 5.74) is 1.16. The van der Waals surface area contributed by atoms with Crippen LogP contribution in [-0.4, -0.2) is 74.5 Å². The molecule has 2 saturated heterocycles. The van der Waals surface area contributed by atoms with E-state index in [9.17, 15) is 0 Å². The summed E-state index contributed by atoms with van der Waals surface area (Å²) in [4.78, 5) is 13.7. The fraction of sp³-hybridized carbons (Fsp3) is 0.739. The van der Waals surface area contributed by atoms with E-state index in [4.69, 9.17) is 9.47 Å². The number of guanidine groups is 1. The summed E-state index contributed by atoms with van der Waals surface area (Å²) in [6.45, 7) is 10.6. The van der Waals surface area contributed by atoms with Crippen LogP contribution >= 0.6 is 0 Å². The predicted molar refractivity (Wildman–Crippen MR) is 122 cm³/mol. The first-order valence-corrected chi connectivity index (χ1v) is 11.6. The van der Waals surface area contributed by atoms with Gasteiger partial charge in [0.05, 0.1) is 18.8 Å². The smallest absolute Gasteiger partial charge is 0.193 e. The first kappa shape index (κ1) is 22.8. The zero-order valence-electron chi connectivity index (χ0n) is 19.0. The zero-order valence-corrected chi connectivity index (χ0v) is 19.0. The van der Waals surface area contributed by atoms with Crippen molar-refractivity contribution in [2.75, 3.05) is 51.3 Å². The second kappa shape index (κ2) is 12.1. The highest BCUT2D eigenvalue weighted by molar-refractivity contribution is 5.79. The quantitative estimate of drug-likeness (QED) is 0.518. The van der Waals surface area contributed by atoms with E-state index < -0.39 is 0 Å². The molecule has 0 amide bonds. The van der Waals surface area contributed by atoms with Crippen LogP contribution < -0.4 is 10.2 Å². The van der Waals surface area contributed by atoms with Gasteiger partial charge in [-0.1, -0.05) is 6.07 Å². The van der Waals surface area contributed by atoms with Crippen LogP contribution in [0.1, 0.15) is 51.5 Å². The van der Waals surface area contributed by atoms with E-state index in [0.29, 0.717) is 12.2 Å². The van der Waals surface area contributed by atoms with E-state index in [1.807, 2.05) is 13.2 Å². The highest BCUT2D eigenvalue weighted by Gasteiger charge is 2.23. The van der Waals surface area contributed by atoms with Crippen LogP contribution in [0.2, 0.25) is 0 Å². The van der Waals surface area contributed by atoms with Crippen molar-refractivity contribution in [3.05, 3.63) is 23.9 Å². The normalized spacial score (nSPS) is 21.0. The molecule has 168 valence electrons. The molecule has 0 saturated carbocycles. The fourth-order valence-electron chi connectivity index (χ4n) is 4.19. The number of hydrogen-bond donors (Lipinski definition) is 1. The molecule has 1 aromatic rings. The first-order chi connectivity index (χ1) is 14.7. The molecular formula is C23H39N5O2. The monoisotopic (exact) mass is 417 g/mol. The number of aromatic nitrogens is 1. The van der Waals surface area contributed by atoms with Gasteiger partial charge in [0.2, 0.25) is 0 Å². The first-order valence-electron chi connectivity index (χ1n) is 11.6. The Balaban J connectivity index is 1.40. The Hall–Kier alpha value is -1.86. The van der Waals surface area contributed by atoms with Gasteiger partial charge in [0.1, 0.15) is 5.82 Å². The van der Waals surface area contributed by atoms with Crippen molar-refractivity contribution in [2.45, 2.75) is 64.7 Å². The van der Waals surface area contributed by atoms with Crippen molar-refractivity contribution < 1.29 is 9.47 Å². The highest BCUT2D eigenvalue weighted by atomic mass is 16.5. The summed E-state index contributed by atoms with van der Waals surface area (Å²) < 4.78 is 11.9. The van der Waals surface area contributed by atoms with Gasteiger partial charge in [-0.3, -0.25) is 4.99 Å². The molecule has 7 heteroatoms. The lowest BCUT2D eigenvalue weighted by atomic mass is 10.1. The third-order valence-electron chi connectivity index (χ3n) is 6.09. The number of aliphatic imine (C=N–C) groups is 1. The largest absolute Gasteiger partial charge is 0.376 e. The van der Waals surface area contributed by atoms with Gasteiger partial charge in [-0.15, -0.1) is 0 Å². The van der Waals surface area contributed by atoms with E-state index in [-0.39, 0.29) is 0 Å². The Morgan fingerprint density at radius 2 is 2.03 bits per heavy atom. The summed E-state index contributed by atoms with van der Waals surface area (Å²) in [6.07, 6.45) is 8.26. The molecule has 1 atom stereocenters. The van der Waals surface area contributed by atoms with Crippen LogP contribution in [0.3, 0.4) is 0 Å². The molecule has 0 radical (unpaired) electrons. The van der Waals surface area contributed by atoms with E-state index in [0.717, 1.165) is 82.5 Å². The Bertz CT molecular complexity index is 633. The van der Waals surface area contributed by atoms with Crippen LogP contribution in [0.4, 0.5) is 5.82 Å². The number of ether oxygens (including phenoxy) is 2. The second-order valence-electron chi connectivity index (χ2n) is 8.11. The maximum Gasteiger partial charge on any atom is 0.193 e. The maximum atomic E-state index is 6.14. The molecule has 3 rings (SSSR count). The minimum atomic E-state index is 0.299. The van der Waals surface area contributed by atoms with Crippen LogP contribution in [-0.2, 0) is 16.0 Å². The maximum absolute atomic E-state index is 6.14. The van der Waals surface area contributed by atoms with Crippen LogP contribution in [0.25, 0.3) is 0 Å². The zero-order chi connectivity index (χ0) is 21.2. The average Bonchev–Trinajstić information content (AvgIpc) is 2.81. The molecule has 1 unspecified atom stereocenters. The second-order valence-corrected chi connectivity index (χ2v) is 8.11. The fourth-order valence-corrected chi connectivity index (χ4v) is 4.19. The molecule has 2 fully saturated rings. The molecule has 30 heavy (non-hydrogen) atoms. The standard InChI is InChI=1S/C23H39N5O2/c1-4-27(5-2)22-10-9-19(16-25-22)17-26-23(24-3)28-13-11-20(12-14-28)30-18-21-8-6-7-15-29-21/h9-10,16,20-21H,4-8,11-15,17-18H2,1-3H3,(H,24,26). The van der Waals surface area contributed by atoms with Gasteiger partial charge in [-0.2, -0.15) is 0 Å². The Morgan fingerprint density at radius 1 is 1.23 bits per heavy atom. The SMILES string of the molecule is CCN(CC)c1ccc(CNC(=NC)N2CCC(OCC3CCCCO3)CC2)cn1. The summed E-state index contributed by atoms with van der Waals surface area (Å²) in [7, 11) is 1.85. The molecule has 1 N–H and O–H groups in total. The average molecular weight is 418 g/mol. The van der Waals surface area contributed by atoms with Gasteiger partial charge in [-0.25, -0.2) is 4.98 Å². The van der Waals surface area contributed by atoms with Gasteiger partial charge in [0, 0.05) is 52.6 Å². The number of likely N-dealkylation sites (tertiary alicyclic amines) is 1.